The summed E-state index contributed by atoms with van der Waals surface area (Å²) in [5.74, 6) is 0. The van der Waals surface area contributed by atoms with E-state index in [1.807, 2.05) is 20.8 Å². The smallest absolute Gasteiger partial charge is 0.219 e. The van der Waals surface area contributed by atoms with E-state index >= 15 is 0 Å². The second-order valence-corrected chi connectivity index (χ2v) is 4.81. The SMILES string of the molecule is CC(C)(C)OCOn1ncc2ncc(Cl)nc21. The fraction of sp³-hybridized carbons (Fsp3) is 0.500. The maximum Gasteiger partial charge on any atom is 0.219 e. The number of nitrogens with zero attached hydrogens (tertiary/aromatic N) is 4. The molecule has 2 rings (SSSR count). The molecule has 0 bridgehead atoms. The van der Waals surface area contributed by atoms with E-state index < -0.39 is 0 Å². The molecule has 7 heteroatoms. The van der Waals surface area contributed by atoms with Gasteiger partial charge in [0.2, 0.25) is 12.4 Å². The molecule has 0 atom stereocenters. The lowest BCUT2D eigenvalue weighted by atomic mass is 10.2. The molecule has 2 aromatic heterocycles. The van der Waals surface area contributed by atoms with Gasteiger partial charge in [0.25, 0.3) is 0 Å². The number of hydrogen-bond donors (Lipinski definition) is 0. The van der Waals surface area contributed by atoms with Crippen LogP contribution in [0.1, 0.15) is 20.8 Å². The van der Waals surface area contributed by atoms with Crippen molar-refractivity contribution in [3.63, 3.8) is 0 Å². The summed E-state index contributed by atoms with van der Waals surface area (Å²) in [6.45, 7) is 5.89. The minimum Gasteiger partial charge on any atom is -0.366 e. The molecule has 2 aromatic rings. The van der Waals surface area contributed by atoms with Crippen molar-refractivity contribution in [2.24, 2.45) is 0 Å². The van der Waals surface area contributed by atoms with E-state index in [9.17, 15) is 0 Å². The van der Waals surface area contributed by atoms with Crippen LogP contribution in [-0.4, -0.2) is 32.3 Å². The summed E-state index contributed by atoms with van der Waals surface area (Å²) >= 11 is 5.75. The second-order valence-electron chi connectivity index (χ2n) is 4.42. The molecule has 17 heavy (non-hydrogen) atoms. The number of halogens is 1. The van der Waals surface area contributed by atoms with Crippen LogP contribution in [-0.2, 0) is 4.74 Å². The highest BCUT2D eigenvalue weighted by molar-refractivity contribution is 6.29. The number of fused-ring (bicyclic) bond motifs is 1. The molecule has 0 fully saturated rings. The van der Waals surface area contributed by atoms with Gasteiger partial charge in [0.1, 0.15) is 10.7 Å². The van der Waals surface area contributed by atoms with Crippen molar-refractivity contribution in [3.05, 3.63) is 17.5 Å². The van der Waals surface area contributed by atoms with E-state index in [2.05, 4.69) is 15.1 Å². The van der Waals surface area contributed by atoms with Crippen molar-refractivity contribution in [2.75, 3.05) is 6.79 Å². The van der Waals surface area contributed by atoms with E-state index in [1.54, 1.807) is 6.20 Å². The van der Waals surface area contributed by atoms with Gasteiger partial charge in [0, 0.05) is 0 Å². The van der Waals surface area contributed by atoms with Gasteiger partial charge >= 0.3 is 0 Å². The summed E-state index contributed by atoms with van der Waals surface area (Å²) in [5.41, 5.74) is 0.812. The molecule has 0 aliphatic rings. The first-order valence-electron chi connectivity index (χ1n) is 5.09. The lowest BCUT2D eigenvalue weighted by Crippen LogP contribution is -2.26. The summed E-state index contributed by atoms with van der Waals surface area (Å²) in [4.78, 5) is 14.7. The average Bonchev–Trinajstić information content (AvgIpc) is 2.59. The first kappa shape index (κ1) is 12.1. The topological polar surface area (TPSA) is 62.1 Å². The molecule has 0 unspecified atom stereocenters. The Bertz CT molecular complexity index is 520. The third-order valence-electron chi connectivity index (χ3n) is 1.88. The molecule has 92 valence electrons. The molecule has 0 aliphatic heterocycles. The van der Waals surface area contributed by atoms with Crippen LogP contribution in [0.3, 0.4) is 0 Å². The minimum absolute atomic E-state index is 0.0779. The van der Waals surface area contributed by atoms with Gasteiger partial charge in [-0.05, 0) is 20.8 Å². The second kappa shape index (κ2) is 4.46. The molecule has 2 heterocycles. The van der Waals surface area contributed by atoms with Crippen LogP contribution in [0.15, 0.2) is 12.4 Å². The van der Waals surface area contributed by atoms with Crippen molar-refractivity contribution in [2.45, 2.75) is 26.4 Å². The predicted octanol–water partition coefficient (Wildman–Crippen LogP) is 1.68. The van der Waals surface area contributed by atoms with E-state index in [1.165, 1.54) is 11.0 Å². The van der Waals surface area contributed by atoms with Crippen molar-refractivity contribution >= 4 is 22.8 Å². The van der Waals surface area contributed by atoms with Gasteiger partial charge in [-0.25, -0.2) is 9.97 Å². The Morgan fingerprint density at radius 2 is 2.12 bits per heavy atom. The highest BCUT2D eigenvalue weighted by Crippen LogP contribution is 2.11. The summed E-state index contributed by atoms with van der Waals surface area (Å²) < 4.78 is 5.42. The van der Waals surface area contributed by atoms with Crippen molar-refractivity contribution in [3.8, 4) is 0 Å². The lowest BCUT2D eigenvalue weighted by Gasteiger charge is -2.18. The third kappa shape index (κ3) is 3.04. The fourth-order valence-electron chi connectivity index (χ4n) is 1.11. The largest absolute Gasteiger partial charge is 0.366 e. The first-order chi connectivity index (χ1) is 7.96. The van der Waals surface area contributed by atoms with Gasteiger partial charge in [-0.15, -0.1) is 5.10 Å². The maximum atomic E-state index is 5.75. The van der Waals surface area contributed by atoms with Crippen LogP contribution in [0.4, 0.5) is 0 Å². The fourth-order valence-corrected chi connectivity index (χ4v) is 1.24. The van der Waals surface area contributed by atoms with Crippen LogP contribution < -0.4 is 4.84 Å². The highest BCUT2D eigenvalue weighted by Gasteiger charge is 2.11. The molecule has 0 N–H and O–H groups in total. The van der Waals surface area contributed by atoms with Gasteiger partial charge in [-0.2, -0.15) is 0 Å². The van der Waals surface area contributed by atoms with E-state index in [4.69, 9.17) is 21.2 Å². The summed E-state index contributed by atoms with van der Waals surface area (Å²) in [6, 6.07) is 0. The molecular formula is C10H13ClN4O2. The van der Waals surface area contributed by atoms with Crippen molar-refractivity contribution in [1.29, 1.82) is 0 Å². The van der Waals surface area contributed by atoms with Crippen LogP contribution >= 0.6 is 11.6 Å². The standard InChI is InChI=1S/C10H13ClN4O2/c1-10(2,3)16-6-17-15-9-7(4-13-15)12-5-8(11)14-9/h4-5H,6H2,1-3H3. The van der Waals surface area contributed by atoms with E-state index in [0.717, 1.165) is 0 Å². The Kier molecular flexibility index (Phi) is 3.17. The van der Waals surface area contributed by atoms with Crippen LogP contribution in [0.2, 0.25) is 5.15 Å². The zero-order chi connectivity index (χ0) is 12.5. The van der Waals surface area contributed by atoms with Gasteiger partial charge in [0.05, 0.1) is 18.0 Å². The average molecular weight is 257 g/mol. The number of ether oxygens (including phenoxy) is 1. The van der Waals surface area contributed by atoms with Gasteiger partial charge < -0.3 is 9.57 Å². The quantitative estimate of drug-likeness (QED) is 0.782. The van der Waals surface area contributed by atoms with Crippen LogP contribution in [0.25, 0.3) is 11.2 Å². The lowest BCUT2D eigenvalue weighted by molar-refractivity contribution is -0.127. The maximum absolute atomic E-state index is 5.75. The molecule has 0 saturated carbocycles. The summed E-state index contributed by atoms with van der Waals surface area (Å²) in [5, 5.41) is 4.28. The molecule has 0 aromatic carbocycles. The molecular weight excluding hydrogens is 244 g/mol. The highest BCUT2D eigenvalue weighted by atomic mass is 35.5. The van der Waals surface area contributed by atoms with Crippen molar-refractivity contribution < 1.29 is 9.57 Å². The van der Waals surface area contributed by atoms with Gasteiger partial charge in [-0.1, -0.05) is 16.4 Å². The zero-order valence-corrected chi connectivity index (χ0v) is 10.6. The number of rotatable bonds is 3. The molecule has 0 spiro atoms. The minimum atomic E-state index is -0.272. The molecule has 6 nitrogen and oxygen atoms in total. The Morgan fingerprint density at radius 3 is 2.82 bits per heavy atom. The molecule has 0 aliphatic carbocycles. The monoisotopic (exact) mass is 256 g/mol. The molecule has 0 amide bonds. The van der Waals surface area contributed by atoms with Crippen LogP contribution in [0, 0.1) is 0 Å². The number of hydrogen-bond acceptors (Lipinski definition) is 5. The van der Waals surface area contributed by atoms with E-state index in [0.29, 0.717) is 16.3 Å². The van der Waals surface area contributed by atoms with Crippen molar-refractivity contribution in [1.82, 2.24) is 19.9 Å². The van der Waals surface area contributed by atoms with Gasteiger partial charge in [0.15, 0.2) is 0 Å². The molecule has 0 saturated heterocycles. The Balaban J connectivity index is 2.11. The number of aromatic nitrogens is 4. The Labute approximate surface area is 103 Å². The third-order valence-corrected chi connectivity index (χ3v) is 2.07. The normalized spacial score (nSPS) is 12.0. The van der Waals surface area contributed by atoms with Gasteiger partial charge in [-0.3, -0.25) is 0 Å². The Morgan fingerprint density at radius 1 is 1.35 bits per heavy atom. The summed E-state index contributed by atoms with van der Waals surface area (Å²) in [7, 11) is 0. The Hall–Kier alpha value is -1.40. The first-order valence-corrected chi connectivity index (χ1v) is 5.47. The zero-order valence-electron chi connectivity index (χ0n) is 9.85. The summed E-state index contributed by atoms with van der Waals surface area (Å²) in [6.07, 6.45) is 3.01. The van der Waals surface area contributed by atoms with E-state index in [-0.39, 0.29) is 12.4 Å². The molecule has 0 radical (unpaired) electrons. The van der Waals surface area contributed by atoms with Crippen LogP contribution in [0.5, 0.6) is 0 Å². The predicted molar refractivity (Wildman–Crippen MR) is 62.6 cm³/mol.